The quantitative estimate of drug-likeness (QED) is 0.645. The lowest BCUT2D eigenvalue weighted by atomic mass is 10.1. The molecule has 0 aliphatic carbocycles. The van der Waals surface area contributed by atoms with Crippen molar-refractivity contribution in [2.45, 2.75) is 20.4 Å². The van der Waals surface area contributed by atoms with Crippen LogP contribution >= 0.6 is 0 Å². The predicted molar refractivity (Wildman–Crippen MR) is 112 cm³/mol. The molecule has 0 aliphatic rings. The van der Waals surface area contributed by atoms with E-state index in [-0.39, 0.29) is 18.4 Å². The number of aryl methyl sites for hydroxylation is 2. The van der Waals surface area contributed by atoms with Crippen molar-refractivity contribution in [2.24, 2.45) is 0 Å². The highest BCUT2D eigenvalue weighted by molar-refractivity contribution is 6.04. The van der Waals surface area contributed by atoms with E-state index in [2.05, 4.69) is 15.7 Å². The highest BCUT2D eigenvalue weighted by Crippen LogP contribution is 2.15. The summed E-state index contributed by atoms with van der Waals surface area (Å²) < 4.78 is 6.72. The molecule has 7 heteroatoms. The molecule has 2 aromatic carbocycles. The fourth-order valence-electron chi connectivity index (χ4n) is 2.94. The first-order chi connectivity index (χ1) is 13.9. The molecular weight excluding hydrogens is 368 g/mol. The molecule has 150 valence electrons. The number of nitrogens with one attached hydrogen (secondary N) is 2. The van der Waals surface area contributed by atoms with Crippen LogP contribution in [-0.4, -0.2) is 35.3 Å². The molecule has 0 saturated heterocycles. The lowest BCUT2D eigenvalue weighted by Crippen LogP contribution is -2.17. The average Bonchev–Trinajstić information content (AvgIpc) is 3.01. The van der Waals surface area contributed by atoms with Crippen LogP contribution in [-0.2, 0) is 16.1 Å². The minimum Gasteiger partial charge on any atom is -0.375 e. The van der Waals surface area contributed by atoms with Crippen LogP contribution in [0.25, 0.3) is 0 Å². The maximum absolute atomic E-state index is 12.5. The molecule has 1 heterocycles. The largest absolute Gasteiger partial charge is 0.375 e. The molecule has 0 atom stereocenters. The fraction of sp³-hybridized carbons (Fsp3) is 0.227. The summed E-state index contributed by atoms with van der Waals surface area (Å²) in [5.74, 6) is -0.427. The van der Waals surface area contributed by atoms with Gasteiger partial charge in [0.25, 0.3) is 5.91 Å². The Hall–Kier alpha value is -3.45. The van der Waals surface area contributed by atoms with Crippen LogP contribution in [0.2, 0.25) is 0 Å². The van der Waals surface area contributed by atoms with Gasteiger partial charge in [-0.3, -0.25) is 14.3 Å². The van der Waals surface area contributed by atoms with Gasteiger partial charge in [0.05, 0.1) is 12.2 Å². The van der Waals surface area contributed by atoms with Gasteiger partial charge in [0.15, 0.2) is 0 Å². The smallest absolute Gasteiger partial charge is 0.255 e. The first-order valence-corrected chi connectivity index (χ1v) is 9.25. The lowest BCUT2D eigenvalue weighted by Gasteiger charge is -2.09. The van der Waals surface area contributed by atoms with E-state index in [1.807, 2.05) is 36.7 Å². The van der Waals surface area contributed by atoms with Crippen LogP contribution < -0.4 is 10.6 Å². The Morgan fingerprint density at radius 3 is 2.14 bits per heavy atom. The number of carbonyl (C=O) groups excluding carboxylic acids is 2. The van der Waals surface area contributed by atoms with E-state index < -0.39 is 0 Å². The average molecular weight is 392 g/mol. The van der Waals surface area contributed by atoms with Gasteiger partial charge in [-0.05, 0) is 61.9 Å². The molecule has 0 aliphatic heterocycles. The van der Waals surface area contributed by atoms with Crippen LogP contribution in [0.1, 0.15) is 27.3 Å². The first-order valence-electron chi connectivity index (χ1n) is 9.25. The molecule has 0 saturated carbocycles. The molecule has 0 fully saturated rings. The Morgan fingerprint density at radius 2 is 1.59 bits per heavy atom. The van der Waals surface area contributed by atoms with Gasteiger partial charge in [-0.25, -0.2) is 0 Å². The Balaban J connectivity index is 1.59. The Kier molecular flexibility index (Phi) is 6.41. The molecule has 3 aromatic rings. The Morgan fingerprint density at radius 1 is 0.966 bits per heavy atom. The van der Waals surface area contributed by atoms with Crippen molar-refractivity contribution in [1.82, 2.24) is 9.78 Å². The molecule has 2 amide bonds. The van der Waals surface area contributed by atoms with Gasteiger partial charge in [-0.2, -0.15) is 5.10 Å². The topological polar surface area (TPSA) is 85.3 Å². The van der Waals surface area contributed by atoms with Crippen molar-refractivity contribution in [3.63, 3.8) is 0 Å². The lowest BCUT2D eigenvalue weighted by molar-refractivity contribution is -0.119. The molecule has 0 unspecified atom stereocenters. The van der Waals surface area contributed by atoms with E-state index in [4.69, 9.17) is 4.74 Å². The Bertz CT molecular complexity index is 992. The SMILES string of the molecule is COCC(=O)Nc1ccc(NC(=O)c2ccc(Cn3nc(C)cc3C)cc2)cc1. The second-order valence-electron chi connectivity index (χ2n) is 6.79. The summed E-state index contributed by atoms with van der Waals surface area (Å²) in [6.07, 6.45) is 0. The van der Waals surface area contributed by atoms with Gasteiger partial charge >= 0.3 is 0 Å². The van der Waals surface area contributed by atoms with E-state index >= 15 is 0 Å². The van der Waals surface area contributed by atoms with Crippen LogP contribution in [0, 0.1) is 13.8 Å². The zero-order valence-electron chi connectivity index (χ0n) is 16.7. The highest BCUT2D eigenvalue weighted by Gasteiger charge is 2.08. The van der Waals surface area contributed by atoms with Gasteiger partial charge in [0.1, 0.15) is 6.61 Å². The summed E-state index contributed by atoms with van der Waals surface area (Å²) in [6.45, 7) is 4.65. The van der Waals surface area contributed by atoms with Crippen LogP contribution in [0.15, 0.2) is 54.6 Å². The molecule has 0 bridgehead atoms. The number of anilines is 2. The molecule has 1 aromatic heterocycles. The van der Waals surface area contributed by atoms with Gasteiger partial charge in [0, 0.05) is 29.7 Å². The number of rotatable bonds is 7. The summed E-state index contributed by atoms with van der Waals surface area (Å²) in [4.78, 5) is 24.0. The number of nitrogens with zero attached hydrogens (tertiary/aromatic N) is 2. The minimum absolute atomic E-state index is 0.00590. The summed E-state index contributed by atoms with van der Waals surface area (Å²) in [7, 11) is 1.46. The van der Waals surface area contributed by atoms with Crippen LogP contribution in [0.5, 0.6) is 0 Å². The summed E-state index contributed by atoms with van der Waals surface area (Å²) in [6, 6.07) is 16.4. The summed E-state index contributed by atoms with van der Waals surface area (Å²) in [5.41, 5.74) is 5.02. The predicted octanol–water partition coefficient (Wildman–Crippen LogP) is 3.39. The van der Waals surface area contributed by atoms with E-state index in [0.29, 0.717) is 23.5 Å². The van der Waals surface area contributed by atoms with Gasteiger partial charge in [-0.15, -0.1) is 0 Å². The van der Waals surface area contributed by atoms with E-state index in [9.17, 15) is 9.59 Å². The monoisotopic (exact) mass is 392 g/mol. The second-order valence-corrected chi connectivity index (χ2v) is 6.79. The van der Waals surface area contributed by atoms with E-state index in [0.717, 1.165) is 17.0 Å². The number of carbonyl (C=O) groups is 2. The maximum atomic E-state index is 12.5. The molecule has 0 radical (unpaired) electrons. The molecule has 0 spiro atoms. The van der Waals surface area contributed by atoms with E-state index in [1.165, 1.54) is 7.11 Å². The number of aromatic nitrogens is 2. The van der Waals surface area contributed by atoms with Crippen molar-refractivity contribution in [1.29, 1.82) is 0 Å². The molecule has 29 heavy (non-hydrogen) atoms. The van der Waals surface area contributed by atoms with Crippen molar-refractivity contribution in [3.8, 4) is 0 Å². The first kappa shape index (κ1) is 20.3. The third-order valence-electron chi connectivity index (χ3n) is 4.35. The van der Waals surface area contributed by atoms with Gasteiger partial charge in [0.2, 0.25) is 5.91 Å². The van der Waals surface area contributed by atoms with Gasteiger partial charge < -0.3 is 15.4 Å². The molecule has 3 rings (SSSR count). The number of ether oxygens (including phenoxy) is 1. The normalized spacial score (nSPS) is 10.6. The number of benzene rings is 2. The van der Waals surface area contributed by atoms with Crippen molar-refractivity contribution >= 4 is 23.2 Å². The van der Waals surface area contributed by atoms with Crippen molar-refractivity contribution < 1.29 is 14.3 Å². The highest BCUT2D eigenvalue weighted by atomic mass is 16.5. The number of hydrogen-bond acceptors (Lipinski definition) is 4. The molecular formula is C22H24N4O3. The Labute approximate surface area is 169 Å². The van der Waals surface area contributed by atoms with Gasteiger partial charge in [-0.1, -0.05) is 12.1 Å². The van der Waals surface area contributed by atoms with Crippen LogP contribution in [0.4, 0.5) is 11.4 Å². The maximum Gasteiger partial charge on any atom is 0.255 e. The fourth-order valence-corrected chi connectivity index (χ4v) is 2.94. The molecule has 2 N–H and O–H groups in total. The zero-order chi connectivity index (χ0) is 20.8. The second kappa shape index (κ2) is 9.16. The minimum atomic E-state index is -0.232. The zero-order valence-corrected chi connectivity index (χ0v) is 16.7. The number of amides is 2. The van der Waals surface area contributed by atoms with Crippen LogP contribution in [0.3, 0.4) is 0 Å². The van der Waals surface area contributed by atoms with Crippen molar-refractivity contribution in [3.05, 3.63) is 77.1 Å². The third-order valence-corrected chi connectivity index (χ3v) is 4.35. The summed E-state index contributed by atoms with van der Waals surface area (Å²) >= 11 is 0. The van der Waals surface area contributed by atoms with E-state index in [1.54, 1.807) is 36.4 Å². The summed E-state index contributed by atoms with van der Waals surface area (Å²) in [5, 5.41) is 10.0. The number of methoxy groups -OCH3 is 1. The standard InChI is InChI=1S/C22H24N4O3/c1-15-12-16(2)26(25-15)13-17-4-6-18(7-5-17)22(28)24-20-10-8-19(9-11-20)23-21(27)14-29-3/h4-12H,13-14H2,1-3H3,(H,23,27)(H,24,28). The third kappa shape index (κ3) is 5.52. The number of hydrogen-bond donors (Lipinski definition) is 2. The van der Waals surface area contributed by atoms with Crippen molar-refractivity contribution in [2.75, 3.05) is 24.4 Å². The molecule has 7 nitrogen and oxygen atoms in total.